The molecular formula is C33H35N3O3. The number of anilines is 1. The van der Waals surface area contributed by atoms with Gasteiger partial charge in [-0.15, -0.1) is 0 Å². The molecule has 0 saturated heterocycles. The molecule has 4 rings (SSSR count). The van der Waals surface area contributed by atoms with E-state index in [9.17, 15) is 9.59 Å². The Morgan fingerprint density at radius 2 is 1.41 bits per heavy atom. The minimum Gasteiger partial charge on any atom is -0.497 e. The molecule has 4 aromatic carbocycles. The first kappa shape index (κ1) is 27.5. The van der Waals surface area contributed by atoms with Crippen LogP contribution in [0, 0.1) is 0 Å². The molecular weight excluding hydrogens is 486 g/mol. The molecule has 0 fully saturated rings. The minimum absolute atomic E-state index is 0.0814. The van der Waals surface area contributed by atoms with Crippen molar-refractivity contribution in [1.29, 1.82) is 0 Å². The molecule has 2 N–H and O–H groups in total. The van der Waals surface area contributed by atoms with Crippen molar-refractivity contribution in [3.63, 3.8) is 0 Å². The number of carbonyl (C=O) groups is 2. The van der Waals surface area contributed by atoms with Crippen LogP contribution in [0.15, 0.2) is 115 Å². The summed E-state index contributed by atoms with van der Waals surface area (Å²) in [6.07, 6.45) is 0.990. The van der Waals surface area contributed by atoms with Crippen LogP contribution in [0.2, 0.25) is 0 Å². The van der Waals surface area contributed by atoms with Gasteiger partial charge < -0.3 is 20.3 Å². The molecule has 0 heterocycles. The third kappa shape index (κ3) is 8.47. The number of nitrogens with zero attached hydrogens (tertiary/aromatic N) is 1. The summed E-state index contributed by atoms with van der Waals surface area (Å²) in [4.78, 5) is 27.7. The van der Waals surface area contributed by atoms with Crippen LogP contribution < -0.4 is 15.4 Å². The highest BCUT2D eigenvalue weighted by molar-refractivity contribution is 5.90. The van der Waals surface area contributed by atoms with Crippen molar-refractivity contribution in [1.82, 2.24) is 10.2 Å². The molecule has 0 aliphatic heterocycles. The van der Waals surface area contributed by atoms with Gasteiger partial charge in [-0.3, -0.25) is 4.79 Å². The lowest BCUT2D eigenvalue weighted by Crippen LogP contribution is -2.37. The van der Waals surface area contributed by atoms with E-state index < -0.39 is 0 Å². The standard InChI is InChI=1S/C33H35N3O3/c1-39-30-19-11-18-29(24-30)35-33(38)36(25-26-12-5-2-6-13-26)23-21-32(37)34-22-20-31(27-14-7-3-8-15-27)28-16-9-4-10-17-28/h2-19,24,31H,20-23,25H2,1H3,(H,34,37)(H,35,38). The zero-order chi connectivity index (χ0) is 27.3. The summed E-state index contributed by atoms with van der Waals surface area (Å²) in [6.45, 7) is 1.23. The number of nitrogens with one attached hydrogen (secondary N) is 2. The van der Waals surface area contributed by atoms with Crippen LogP contribution in [0.25, 0.3) is 0 Å². The molecule has 3 amide bonds. The van der Waals surface area contributed by atoms with E-state index in [-0.39, 0.29) is 30.8 Å². The lowest BCUT2D eigenvalue weighted by atomic mass is 9.88. The van der Waals surface area contributed by atoms with Gasteiger partial charge in [0.05, 0.1) is 7.11 Å². The number of benzene rings is 4. The van der Waals surface area contributed by atoms with Crippen molar-refractivity contribution < 1.29 is 14.3 Å². The number of ether oxygens (including phenoxy) is 1. The summed E-state index contributed by atoms with van der Waals surface area (Å²) in [5, 5.41) is 5.99. The fourth-order valence-corrected chi connectivity index (χ4v) is 4.54. The van der Waals surface area contributed by atoms with E-state index in [4.69, 9.17) is 4.74 Å². The number of carbonyl (C=O) groups excluding carboxylic acids is 2. The number of amides is 3. The van der Waals surface area contributed by atoms with Gasteiger partial charge in [0.25, 0.3) is 0 Å². The Kier molecular flexibility index (Phi) is 10.1. The second-order valence-corrected chi connectivity index (χ2v) is 9.33. The Labute approximate surface area is 230 Å². The molecule has 0 spiro atoms. The number of methoxy groups -OCH3 is 1. The topological polar surface area (TPSA) is 70.7 Å². The zero-order valence-corrected chi connectivity index (χ0v) is 22.3. The maximum Gasteiger partial charge on any atom is 0.322 e. The quantitative estimate of drug-likeness (QED) is 0.225. The summed E-state index contributed by atoms with van der Waals surface area (Å²) in [6, 6.07) is 37.4. The smallest absolute Gasteiger partial charge is 0.322 e. The first-order valence-electron chi connectivity index (χ1n) is 13.2. The van der Waals surface area contributed by atoms with Crippen molar-refractivity contribution >= 4 is 17.6 Å². The fraction of sp³-hybridized carbons (Fsp3) is 0.212. The van der Waals surface area contributed by atoms with E-state index in [0.717, 1.165) is 12.0 Å². The second kappa shape index (κ2) is 14.4. The SMILES string of the molecule is COc1cccc(NC(=O)N(CCC(=O)NCCC(c2ccccc2)c2ccccc2)Cc2ccccc2)c1. The summed E-state index contributed by atoms with van der Waals surface area (Å²) in [5.74, 6) is 0.768. The predicted octanol–water partition coefficient (Wildman–Crippen LogP) is 6.46. The Hall–Kier alpha value is -4.58. The molecule has 0 aliphatic rings. The average Bonchev–Trinajstić information content (AvgIpc) is 2.99. The van der Waals surface area contributed by atoms with Gasteiger partial charge in [0.1, 0.15) is 5.75 Å². The van der Waals surface area contributed by atoms with Crippen molar-refractivity contribution in [3.8, 4) is 5.75 Å². The van der Waals surface area contributed by atoms with Crippen molar-refractivity contribution in [2.75, 3.05) is 25.5 Å². The molecule has 0 aliphatic carbocycles. The third-order valence-electron chi connectivity index (χ3n) is 6.59. The van der Waals surface area contributed by atoms with Crippen LogP contribution in [0.1, 0.15) is 35.4 Å². The highest BCUT2D eigenvalue weighted by atomic mass is 16.5. The van der Waals surface area contributed by atoms with Gasteiger partial charge in [-0.05, 0) is 35.2 Å². The highest BCUT2D eigenvalue weighted by Crippen LogP contribution is 2.27. The van der Waals surface area contributed by atoms with Gasteiger partial charge in [0.15, 0.2) is 0 Å². The zero-order valence-electron chi connectivity index (χ0n) is 22.3. The molecule has 0 unspecified atom stereocenters. The van der Waals surface area contributed by atoms with E-state index in [1.54, 1.807) is 18.1 Å². The molecule has 6 nitrogen and oxygen atoms in total. The Morgan fingerprint density at radius 3 is 2.03 bits per heavy atom. The molecule has 0 bridgehead atoms. The molecule has 0 radical (unpaired) electrons. The van der Waals surface area contributed by atoms with E-state index in [1.165, 1.54) is 11.1 Å². The first-order chi connectivity index (χ1) is 19.1. The maximum atomic E-state index is 13.2. The van der Waals surface area contributed by atoms with Crippen molar-refractivity contribution in [2.24, 2.45) is 0 Å². The minimum atomic E-state index is -0.270. The normalized spacial score (nSPS) is 10.6. The number of rotatable bonds is 12. The van der Waals surface area contributed by atoms with E-state index in [2.05, 4.69) is 34.9 Å². The van der Waals surface area contributed by atoms with E-state index >= 15 is 0 Å². The van der Waals surface area contributed by atoms with Crippen LogP contribution in [0.4, 0.5) is 10.5 Å². The molecule has 6 heteroatoms. The first-order valence-corrected chi connectivity index (χ1v) is 13.2. The van der Waals surface area contributed by atoms with Crippen LogP contribution >= 0.6 is 0 Å². The largest absolute Gasteiger partial charge is 0.497 e. The Balaban J connectivity index is 1.35. The van der Waals surface area contributed by atoms with Crippen molar-refractivity contribution in [3.05, 3.63) is 132 Å². The van der Waals surface area contributed by atoms with Crippen LogP contribution in [-0.4, -0.2) is 37.0 Å². The van der Waals surface area contributed by atoms with Gasteiger partial charge in [0.2, 0.25) is 5.91 Å². The van der Waals surface area contributed by atoms with Crippen LogP contribution in [0.5, 0.6) is 5.75 Å². The number of hydrogen-bond donors (Lipinski definition) is 2. The van der Waals surface area contributed by atoms with Crippen LogP contribution in [0.3, 0.4) is 0 Å². The second-order valence-electron chi connectivity index (χ2n) is 9.33. The van der Waals surface area contributed by atoms with E-state index in [0.29, 0.717) is 24.5 Å². The summed E-state index contributed by atoms with van der Waals surface area (Å²) >= 11 is 0. The Bertz CT molecular complexity index is 1270. The predicted molar refractivity (Wildman–Crippen MR) is 156 cm³/mol. The molecule has 4 aromatic rings. The highest BCUT2D eigenvalue weighted by Gasteiger charge is 2.18. The maximum absolute atomic E-state index is 13.2. The molecule has 0 aromatic heterocycles. The van der Waals surface area contributed by atoms with Gasteiger partial charge in [-0.2, -0.15) is 0 Å². The molecule has 39 heavy (non-hydrogen) atoms. The summed E-state index contributed by atoms with van der Waals surface area (Å²) in [5.41, 5.74) is 4.07. The molecule has 0 saturated carbocycles. The lowest BCUT2D eigenvalue weighted by Gasteiger charge is -2.23. The van der Waals surface area contributed by atoms with Crippen LogP contribution in [-0.2, 0) is 11.3 Å². The third-order valence-corrected chi connectivity index (χ3v) is 6.59. The number of hydrogen-bond acceptors (Lipinski definition) is 3. The van der Waals surface area contributed by atoms with Gasteiger partial charge in [-0.1, -0.05) is 97.1 Å². The molecule has 200 valence electrons. The number of urea groups is 1. The van der Waals surface area contributed by atoms with Gasteiger partial charge in [0, 0.05) is 43.7 Å². The van der Waals surface area contributed by atoms with E-state index in [1.807, 2.05) is 84.9 Å². The Morgan fingerprint density at radius 1 is 0.795 bits per heavy atom. The van der Waals surface area contributed by atoms with Gasteiger partial charge >= 0.3 is 6.03 Å². The lowest BCUT2D eigenvalue weighted by molar-refractivity contribution is -0.121. The average molecular weight is 522 g/mol. The van der Waals surface area contributed by atoms with Crippen molar-refractivity contribution in [2.45, 2.75) is 25.3 Å². The summed E-state index contributed by atoms with van der Waals surface area (Å²) in [7, 11) is 1.59. The summed E-state index contributed by atoms with van der Waals surface area (Å²) < 4.78 is 5.26. The van der Waals surface area contributed by atoms with Gasteiger partial charge in [-0.25, -0.2) is 4.79 Å². The fourth-order valence-electron chi connectivity index (χ4n) is 4.54. The molecule has 0 atom stereocenters. The monoisotopic (exact) mass is 521 g/mol.